The SMILES string of the molecule is Cc1ccc(C#CCO)cc1NC(=O)C(C)(C)S(C)(=O)=O. The molecule has 0 aromatic heterocycles. The van der Waals surface area contributed by atoms with Crippen LogP contribution in [0, 0.1) is 18.8 Å². The first-order chi connectivity index (χ1) is 9.59. The third kappa shape index (κ3) is 4.06. The van der Waals surface area contributed by atoms with Crippen LogP contribution in [0.1, 0.15) is 25.0 Å². The molecule has 0 fully saturated rings. The zero-order chi connectivity index (χ0) is 16.3. The quantitative estimate of drug-likeness (QED) is 0.819. The van der Waals surface area contributed by atoms with Gasteiger partial charge in [-0.3, -0.25) is 4.79 Å². The first-order valence-electron chi connectivity index (χ1n) is 6.31. The Balaban J connectivity index is 3.11. The fourth-order valence-corrected chi connectivity index (χ4v) is 1.81. The van der Waals surface area contributed by atoms with E-state index in [2.05, 4.69) is 17.2 Å². The standard InChI is InChI=1S/C15H19NO4S/c1-11-7-8-12(6-5-9-17)10-13(11)16-14(18)15(2,3)21(4,19)20/h7-8,10,17H,9H2,1-4H3,(H,16,18). The Morgan fingerprint density at radius 1 is 1.38 bits per heavy atom. The molecule has 1 aromatic carbocycles. The average molecular weight is 309 g/mol. The summed E-state index contributed by atoms with van der Waals surface area (Å²) in [5.74, 6) is 4.65. The lowest BCUT2D eigenvalue weighted by Crippen LogP contribution is -2.44. The molecule has 1 amide bonds. The Kier molecular flexibility index (Phi) is 5.15. The van der Waals surface area contributed by atoms with Crippen LogP contribution in [-0.2, 0) is 14.6 Å². The monoisotopic (exact) mass is 309 g/mol. The van der Waals surface area contributed by atoms with Gasteiger partial charge in [-0.05, 0) is 38.5 Å². The number of carbonyl (C=O) groups excluding carboxylic acids is 1. The molecule has 21 heavy (non-hydrogen) atoms. The van der Waals surface area contributed by atoms with Gasteiger partial charge in [-0.25, -0.2) is 8.42 Å². The summed E-state index contributed by atoms with van der Waals surface area (Å²) in [5.41, 5.74) is 1.92. The van der Waals surface area contributed by atoms with E-state index in [1.807, 2.05) is 0 Å². The van der Waals surface area contributed by atoms with E-state index < -0.39 is 20.5 Å². The third-order valence-corrected chi connectivity index (χ3v) is 5.31. The summed E-state index contributed by atoms with van der Waals surface area (Å²) < 4.78 is 21.8. The Morgan fingerprint density at radius 3 is 2.52 bits per heavy atom. The number of hydrogen-bond acceptors (Lipinski definition) is 4. The predicted octanol–water partition coefficient (Wildman–Crippen LogP) is 1.10. The molecule has 0 saturated carbocycles. The number of carbonyl (C=O) groups is 1. The Labute approximate surface area is 125 Å². The number of benzene rings is 1. The highest BCUT2D eigenvalue weighted by molar-refractivity contribution is 7.92. The van der Waals surface area contributed by atoms with E-state index in [1.54, 1.807) is 25.1 Å². The molecule has 114 valence electrons. The largest absolute Gasteiger partial charge is 0.384 e. The highest BCUT2D eigenvalue weighted by atomic mass is 32.2. The molecule has 0 radical (unpaired) electrons. The van der Waals surface area contributed by atoms with Crippen LogP contribution in [0.3, 0.4) is 0 Å². The number of amides is 1. The third-order valence-electron chi connectivity index (χ3n) is 3.27. The van der Waals surface area contributed by atoms with E-state index in [4.69, 9.17) is 5.11 Å². The Hall–Kier alpha value is -1.84. The van der Waals surface area contributed by atoms with Crippen LogP contribution in [0.2, 0.25) is 0 Å². The van der Waals surface area contributed by atoms with Gasteiger partial charge in [0.25, 0.3) is 0 Å². The van der Waals surface area contributed by atoms with Crippen LogP contribution < -0.4 is 5.32 Å². The molecule has 0 heterocycles. The molecule has 0 spiro atoms. The number of hydrogen-bond donors (Lipinski definition) is 2. The van der Waals surface area contributed by atoms with E-state index in [-0.39, 0.29) is 6.61 Å². The van der Waals surface area contributed by atoms with Gasteiger partial charge in [0.1, 0.15) is 11.4 Å². The summed E-state index contributed by atoms with van der Waals surface area (Å²) in [6.45, 7) is 4.27. The number of aryl methyl sites for hydroxylation is 1. The average Bonchev–Trinajstić information content (AvgIpc) is 2.38. The molecule has 5 nitrogen and oxygen atoms in total. The molecule has 0 atom stereocenters. The van der Waals surface area contributed by atoms with E-state index >= 15 is 0 Å². The lowest BCUT2D eigenvalue weighted by molar-refractivity contribution is -0.117. The first kappa shape index (κ1) is 17.2. The highest BCUT2D eigenvalue weighted by Gasteiger charge is 2.38. The Morgan fingerprint density at radius 2 is 2.00 bits per heavy atom. The maximum atomic E-state index is 12.2. The minimum Gasteiger partial charge on any atom is -0.384 e. The molecule has 0 saturated heterocycles. The summed E-state index contributed by atoms with van der Waals surface area (Å²) in [6.07, 6.45) is 1.03. The number of sulfone groups is 1. The van der Waals surface area contributed by atoms with Crippen LogP contribution in [0.15, 0.2) is 18.2 Å². The lowest BCUT2D eigenvalue weighted by atomic mass is 10.1. The van der Waals surface area contributed by atoms with Crippen molar-refractivity contribution in [2.45, 2.75) is 25.5 Å². The van der Waals surface area contributed by atoms with Gasteiger partial charge in [-0.2, -0.15) is 0 Å². The molecule has 0 aliphatic carbocycles. The molecule has 0 aliphatic heterocycles. The molecule has 2 N–H and O–H groups in total. The maximum Gasteiger partial charge on any atom is 0.245 e. The van der Waals surface area contributed by atoms with Gasteiger partial charge in [0, 0.05) is 17.5 Å². The number of rotatable bonds is 3. The molecule has 0 aliphatic rings. The normalized spacial score (nSPS) is 11.5. The molecule has 1 rings (SSSR count). The smallest absolute Gasteiger partial charge is 0.245 e. The summed E-state index contributed by atoms with van der Waals surface area (Å²) in [7, 11) is -3.53. The van der Waals surface area contributed by atoms with Crippen LogP contribution >= 0.6 is 0 Å². The van der Waals surface area contributed by atoms with E-state index in [0.717, 1.165) is 11.8 Å². The zero-order valence-corrected chi connectivity index (χ0v) is 13.3. The number of aliphatic hydroxyl groups excluding tert-OH is 1. The molecule has 6 heteroatoms. The fraction of sp³-hybridized carbons (Fsp3) is 0.400. The van der Waals surface area contributed by atoms with Gasteiger partial charge in [-0.15, -0.1) is 0 Å². The van der Waals surface area contributed by atoms with Crippen molar-refractivity contribution < 1.29 is 18.3 Å². The van der Waals surface area contributed by atoms with Gasteiger partial charge >= 0.3 is 0 Å². The Bertz CT molecular complexity index is 709. The summed E-state index contributed by atoms with van der Waals surface area (Å²) in [4.78, 5) is 12.2. The van der Waals surface area contributed by atoms with Crippen LogP contribution in [0.4, 0.5) is 5.69 Å². The van der Waals surface area contributed by atoms with Crippen molar-refractivity contribution in [3.63, 3.8) is 0 Å². The molecule has 0 unspecified atom stereocenters. The maximum absolute atomic E-state index is 12.2. The molecule has 0 bridgehead atoms. The topological polar surface area (TPSA) is 83.5 Å². The second-order valence-electron chi connectivity index (χ2n) is 5.23. The van der Waals surface area contributed by atoms with Crippen molar-refractivity contribution in [2.75, 3.05) is 18.2 Å². The zero-order valence-electron chi connectivity index (χ0n) is 12.5. The van der Waals surface area contributed by atoms with Crippen molar-refractivity contribution in [3.05, 3.63) is 29.3 Å². The summed E-state index contributed by atoms with van der Waals surface area (Å²) in [5, 5.41) is 11.3. The molecule has 1 aromatic rings. The van der Waals surface area contributed by atoms with Gasteiger partial charge in [0.15, 0.2) is 9.84 Å². The highest BCUT2D eigenvalue weighted by Crippen LogP contribution is 2.21. The summed E-state index contributed by atoms with van der Waals surface area (Å²) in [6, 6.07) is 5.17. The van der Waals surface area contributed by atoms with Crippen LogP contribution in [0.25, 0.3) is 0 Å². The van der Waals surface area contributed by atoms with Gasteiger partial charge < -0.3 is 10.4 Å². The summed E-state index contributed by atoms with van der Waals surface area (Å²) >= 11 is 0. The fourth-order valence-electron chi connectivity index (χ4n) is 1.42. The van der Waals surface area contributed by atoms with Crippen LogP contribution in [-0.4, -0.2) is 37.0 Å². The van der Waals surface area contributed by atoms with E-state index in [9.17, 15) is 13.2 Å². The second-order valence-corrected chi connectivity index (χ2v) is 7.79. The van der Waals surface area contributed by atoms with E-state index in [1.165, 1.54) is 13.8 Å². The minimum atomic E-state index is -3.53. The van der Waals surface area contributed by atoms with Gasteiger partial charge in [-0.1, -0.05) is 17.9 Å². The van der Waals surface area contributed by atoms with E-state index in [0.29, 0.717) is 11.3 Å². The van der Waals surface area contributed by atoms with Gasteiger partial charge in [0.2, 0.25) is 5.91 Å². The number of nitrogens with one attached hydrogen (secondary N) is 1. The number of aliphatic hydroxyl groups is 1. The van der Waals surface area contributed by atoms with Crippen LogP contribution in [0.5, 0.6) is 0 Å². The minimum absolute atomic E-state index is 0.253. The molecular formula is C15H19NO4S. The lowest BCUT2D eigenvalue weighted by Gasteiger charge is -2.22. The number of anilines is 1. The van der Waals surface area contributed by atoms with Crippen molar-refractivity contribution in [2.24, 2.45) is 0 Å². The predicted molar refractivity (Wildman–Crippen MR) is 82.7 cm³/mol. The molecular weight excluding hydrogens is 290 g/mol. The van der Waals surface area contributed by atoms with Crippen molar-refractivity contribution in [3.8, 4) is 11.8 Å². The van der Waals surface area contributed by atoms with Crippen molar-refractivity contribution in [1.82, 2.24) is 0 Å². The van der Waals surface area contributed by atoms with Gasteiger partial charge in [0.05, 0.1) is 0 Å². The van der Waals surface area contributed by atoms with Crippen molar-refractivity contribution in [1.29, 1.82) is 0 Å². The first-order valence-corrected chi connectivity index (χ1v) is 8.20. The second kappa shape index (κ2) is 6.29. The van der Waals surface area contributed by atoms with Crippen molar-refractivity contribution >= 4 is 21.4 Å².